The molecule has 0 aliphatic carbocycles. The van der Waals surface area contributed by atoms with Gasteiger partial charge in [0.15, 0.2) is 0 Å². The molecule has 0 aromatic carbocycles. The van der Waals surface area contributed by atoms with Crippen molar-refractivity contribution in [2.75, 3.05) is 53.5 Å². The number of ether oxygens (including phenoxy) is 1. The van der Waals surface area contributed by atoms with Crippen LogP contribution < -0.4 is 0 Å². The molecule has 1 saturated heterocycles. The van der Waals surface area contributed by atoms with Crippen LogP contribution in [0.25, 0.3) is 0 Å². The van der Waals surface area contributed by atoms with Gasteiger partial charge in [0.05, 0.1) is 6.61 Å². The van der Waals surface area contributed by atoms with Gasteiger partial charge in [-0.05, 0) is 33.0 Å². The van der Waals surface area contributed by atoms with E-state index in [0.29, 0.717) is 0 Å². The molecule has 98 valence electrons. The Bertz CT molecular complexity index is 136. The zero-order valence-corrected chi connectivity index (χ0v) is 11.7. The maximum atomic E-state index is 5.05. The van der Waals surface area contributed by atoms with Crippen LogP contribution >= 0.6 is 0 Å². The Kier molecular flexibility index (Phi) is 11.3. The Morgan fingerprint density at radius 1 is 1.06 bits per heavy atom. The van der Waals surface area contributed by atoms with Crippen LogP contribution in [0.5, 0.6) is 0 Å². The van der Waals surface area contributed by atoms with Gasteiger partial charge in [-0.15, -0.1) is 0 Å². The standard InChI is InChI=1S/C11H24N2O.C2H6/c1-12(10-11-14-2)8-9-13-6-4-3-5-7-13;1-2/h3-11H2,1-2H3;1-2H3. The predicted octanol–water partition coefficient (Wildman–Crippen LogP) is 2.08. The zero-order valence-electron chi connectivity index (χ0n) is 11.7. The lowest BCUT2D eigenvalue weighted by Gasteiger charge is -2.28. The van der Waals surface area contributed by atoms with Crippen LogP contribution in [-0.2, 0) is 4.74 Å². The molecule has 3 nitrogen and oxygen atoms in total. The molecule has 3 heteroatoms. The summed E-state index contributed by atoms with van der Waals surface area (Å²) in [5, 5.41) is 0. The molecule has 0 unspecified atom stereocenters. The summed E-state index contributed by atoms with van der Waals surface area (Å²) in [6.07, 6.45) is 4.21. The highest BCUT2D eigenvalue weighted by Crippen LogP contribution is 2.07. The van der Waals surface area contributed by atoms with Crippen molar-refractivity contribution in [2.45, 2.75) is 33.1 Å². The Labute approximate surface area is 102 Å². The summed E-state index contributed by atoms with van der Waals surface area (Å²) in [5.41, 5.74) is 0. The van der Waals surface area contributed by atoms with E-state index in [-0.39, 0.29) is 0 Å². The minimum atomic E-state index is 0.844. The minimum absolute atomic E-state index is 0.844. The summed E-state index contributed by atoms with van der Waals surface area (Å²) in [7, 11) is 3.93. The number of rotatable bonds is 6. The lowest BCUT2D eigenvalue weighted by molar-refractivity contribution is 0.145. The maximum Gasteiger partial charge on any atom is 0.0589 e. The van der Waals surface area contributed by atoms with Gasteiger partial charge in [-0.25, -0.2) is 0 Å². The van der Waals surface area contributed by atoms with Crippen LogP contribution in [0.4, 0.5) is 0 Å². The smallest absolute Gasteiger partial charge is 0.0589 e. The topological polar surface area (TPSA) is 15.7 Å². The summed E-state index contributed by atoms with van der Waals surface area (Å²) in [4.78, 5) is 4.92. The molecule has 0 aromatic heterocycles. The average molecular weight is 230 g/mol. The number of methoxy groups -OCH3 is 1. The zero-order chi connectivity index (χ0) is 12.2. The van der Waals surface area contributed by atoms with Crippen LogP contribution in [0.15, 0.2) is 0 Å². The first-order valence-corrected chi connectivity index (χ1v) is 6.73. The lowest BCUT2D eigenvalue weighted by Crippen LogP contribution is -2.37. The van der Waals surface area contributed by atoms with E-state index >= 15 is 0 Å². The van der Waals surface area contributed by atoms with Crippen LogP contribution in [0.2, 0.25) is 0 Å². The normalized spacial score (nSPS) is 17.1. The maximum absolute atomic E-state index is 5.05. The Morgan fingerprint density at radius 2 is 1.69 bits per heavy atom. The van der Waals surface area contributed by atoms with E-state index in [0.717, 1.165) is 13.2 Å². The number of nitrogens with zero attached hydrogens (tertiary/aromatic N) is 2. The molecule has 1 aliphatic rings. The molecule has 0 spiro atoms. The third-order valence-corrected chi connectivity index (χ3v) is 2.92. The van der Waals surface area contributed by atoms with Crippen molar-refractivity contribution < 1.29 is 4.74 Å². The summed E-state index contributed by atoms with van der Waals surface area (Å²) in [5.74, 6) is 0. The van der Waals surface area contributed by atoms with Gasteiger partial charge in [0.1, 0.15) is 0 Å². The molecule has 0 saturated carbocycles. The SMILES string of the molecule is CC.COCCN(C)CCN1CCCCC1. The van der Waals surface area contributed by atoms with E-state index in [2.05, 4.69) is 16.8 Å². The fraction of sp³-hybridized carbons (Fsp3) is 1.00. The molecule has 0 amide bonds. The largest absolute Gasteiger partial charge is 0.383 e. The second-order valence-electron chi connectivity index (χ2n) is 4.20. The number of hydrogen-bond acceptors (Lipinski definition) is 3. The fourth-order valence-corrected chi connectivity index (χ4v) is 1.85. The van der Waals surface area contributed by atoms with Crippen molar-refractivity contribution >= 4 is 0 Å². The highest BCUT2D eigenvalue weighted by atomic mass is 16.5. The van der Waals surface area contributed by atoms with E-state index in [1.807, 2.05) is 13.8 Å². The van der Waals surface area contributed by atoms with E-state index in [4.69, 9.17) is 4.74 Å². The molecule has 1 heterocycles. The highest BCUT2D eigenvalue weighted by molar-refractivity contribution is 4.65. The molecule has 0 atom stereocenters. The highest BCUT2D eigenvalue weighted by Gasteiger charge is 2.09. The second kappa shape index (κ2) is 11.4. The molecule has 0 aromatic rings. The van der Waals surface area contributed by atoms with Crippen LogP contribution in [0, 0.1) is 0 Å². The molecule has 16 heavy (non-hydrogen) atoms. The third-order valence-electron chi connectivity index (χ3n) is 2.92. The Balaban J connectivity index is 0.00000106. The van der Waals surface area contributed by atoms with Crippen molar-refractivity contribution in [3.05, 3.63) is 0 Å². The molecular weight excluding hydrogens is 200 g/mol. The summed E-state index contributed by atoms with van der Waals surface area (Å²) in [6, 6.07) is 0. The van der Waals surface area contributed by atoms with Gasteiger partial charge >= 0.3 is 0 Å². The Morgan fingerprint density at radius 3 is 2.25 bits per heavy atom. The quantitative estimate of drug-likeness (QED) is 0.695. The Hall–Kier alpha value is -0.120. The summed E-state index contributed by atoms with van der Waals surface area (Å²) >= 11 is 0. The van der Waals surface area contributed by atoms with Crippen molar-refractivity contribution in [1.82, 2.24) is 9.80 Å². The summed E-state index contributed by atoms with van der Waals surface area (Å²) in [6.45, 7) is 10.9. The van der Waals surface area contributed by atoms with Gasteiger partial charge in [0.2, 0.25) is 0 Å². The van der Waals surface area contributed by atoms with Gasteiger partial charge in [0, 0.05) is 26.7 Å². The molecule has 0 N–H and O–H groups in total. The first-order valence-electron chi connectivity index (χ1n) is 6.73. The third kappa shape index (κ3) is 8.08. The van der Waals surface area contributed by atoms with Gasteiger partial charge in [-0.1, -0.05) is 20.3 Å². The van der Waals surface area contributed by atoms with Crippen LogP contribution in [-0.4, -0.2) is 63.3 Å². The van der Waals surface area contributed by atoms with Gasteiger partial charge < -0.3 is 14.5 Å². The van der Waals surface area contributed by atoms with Crippen molar-refractivity contribution in [3.63, 3.8) is 0 Å². The molecule has 0 radical (unpaired) electrons. The number of piperidine rings is 1. The average Bonchev–Trinajstić information content (AvgIpc) is 2.37. The van der Waals surface area contributed by atoms with Gasteiger partial charge in [-0.3, -0.25) is 0 Å². The second-order valence-corrected chi connectivity index (χ2v) is 4.20. The molecule has 1 fully saturated rings. The van der Waals surface area contributed by atoms with E-state index in [9.17, 15) is 0 Å². The summed E-state index contributed by atoms with van der Waals surface area (Å²) < 4.78 is 5.05. The number of likely N-dealkylation sites (N-methyl/N-ethyl adjacent to an activating group) is 1. The van der Waals surface area contributed by atoms with Crippen LogP contribution in [0.3, 0.4) is 0 Å². The van der Waals surface area contributed by atoms with E-state index < -0.39 is 0 Å². The number of hydrogen-bond donors (Lipinski definition) is 0. The van der Waals surface area contributed by atoms with Crippen LogP contribution in [0.1, 0.15) is 33.1 Å². The minimum Gasteiger partial charge on any atom is -0.383 e. The number of likely N-dealkylation sites (tertiary alicyclic amines) is 1. The lowest BCUT2D eigenvalue weighted by atomic mass is 10.1. The monoisotopic (exact) mass is 230 g/mol. The van der Waals surface area contributed by atoms with E-state index in [1.165, 1.54) is 45.4 Å². The van der Waals surface area contributed by atoms with Crippen molar-refractivity contribution in [3.8, 4) is 0 Å². The molecule has 0 bridgehead atoms. The molecule has 1 rings (SSSR count). The van der Waals surface area contributed by atoms with Crippen molar-refractivity contribution in [1.29, 1.82) is 0 Å². The van der Waals surface area contributed by atoms with Gasteiger partial charge in [-0.2, -0.15) is 0 Å². The molecule has 1 aliphatic heterocycles. The van der Waals surface area contributed by atoms with Crippen molar-refractivity contribution in [2.24, 2.45) is 0 Å². The van der Waals surface area contributed by atoms with Gasteiger partial charge in [0.25, 0.3) is 0 Å². The molecular formula is C13H30N2O. The first kappa shape index (κ1) is 15.9. The predicted molar refractivity (Wildman–Crippen MR) is 71.0 cm³/mol. The first-order chi connectivity index (χ1) is 7.83. The fourth-order valence-electron chi connectivity index (χ4n) is 1.85. The van der Waals surface area contributed by atoms with E-state index in [1.54, 1.807) is 7.11 Å².